The van der Waals surface area contributed by atoms with Crippen LogP contribution in [0.2, 0.25) is 0 Å². The molecule has 3 N–H and O–H groups in total. The molecule has 0 aliphatic carbocycles. The van der Waals surface area contributed by atoms with Gasteiger partial charge < -0.3 is 42.0 Å². The minimum absolute atomic E-state index is 0. The number of aliphatic hydroxyl groups excluding tert-OH is 2. The summed E-state index contributed by atoms with van der Waals surface area (Å²) in [4.78, 5) is 15.2. The van der Waals surface area contributed by atoms with Crippen LogP contribution in [0.4, 0.5) is 5.69 Å². The molecule has 1 aliphatic heterocycles. The highest BCUT2D eigenvalue weighted by atomic mass is 79.9. The molecule has 7 nitrogen and oxygen atoms in total. The number of rotatable bonds is 24. The van der Waals surface area contributed by atoms with E-state index in [2.05, 4.69) is 88.6 Å². The first kappa shape index (κ1) is 45.6. The van der Waals surface area contributed by atoms with Crippen LogP contribution in [0, 0.1) is 0 Å². The normalized spacial score (nSPS) is 14.4. The standard InChI is InChI=1S/C45H66N3O4P.BrH/c1-4-5-6-7-8-9-10-11-12-13-14-15-16-24-44(50)41(36-49)46-45(51)35-48-30-19-21-39-34-37(26-28-42(39)48)25-27-38-29-32-47(31-20-33-53(2,3)52)43-23-18-17-22-40(38)43;/h16-18,22-29,32,34,41,44,49-50H,4-15,19-21,30-31,33,35-36H2,1-3H3;1H/b24-16+;. The zero-order valence-electron chi connectivity index (χ0n) is 33.2. The average Bonchev–Trinajstić information content (AvgIpc) is 3.14. The molecule has 298 valence electrons. The van der Waals surface area contributed by atoms with Crippen molar-refractivity contribution in [2.45, 2.75) is 122 Å². The van der Waals surface area contributed by atoms with Gasteiger partial charge >= 0.3 is 0 Å². The number of nitrogens with one attached hydrogen (secondary N) is 1. The molecule has 54 heavy (non-hydrogen) atoms. The van der Waals surface area contributed by atoms with Crippen molar-refractivity contribution in [1.29, 1.82) is 0 Å². The first-order chi connectivity index (χ1) is 25.7. The van der Waals surface area contributed by atoms with Gasteiger partial charge in [-0.15, -0.1) is 0 Å². The van der Waals surface area contributed by atoms with Gasteiger partial charge in [0.15, 0.2) is 6.20 Å². The first-order valence-corrected chi connectivity index (χ1v) is 23.2. The topological polar surface area (TPSA) is 93.8 Å². The number of aryl methyl sites for hydroxylation is 2. The third-order valence-electron chi connectivity index (χ3n) is 10.4. The van der Waals surface area contributed by atoms with E-state index in [4.69, 9.17) is 0 Å². The minimum Gasteiger partial charge on any atom is -1.00 e. The molecule has 1 aliphatic rings. The number of carbonyl (C=O) groups is 1. The molecule has 0 radical (unpaired) electrons. The number of hydrogen-bond donors (Lipinski definition) is 3. The van der Waals surface area contributed by atoms with Crippen LogP contribution in [0.3, 0.4) is 0 Å². The second kappa shape index (κ2) is 24.7. The fraction of sp³-hybridized carbons (Fsp3) is 0.556. The first-order valence-electron chi connectivity index (χ1n) is 20.4. The van der Waals surface area contributed by atoms with E-state index in [0.29, 0.717) is 0 Å². The molecule has 0 saturated carbocycles. The minimum atomic E-state index is -2.03. The number of allylic oxidation sites excluding steroid dienone is 1. The second-order valence-corrected chi connectivity index (χ2v) is 19.1. The molecule has 3 aromatic rings. The molecule has 9 heteroatoms. The molecule has 4 rings (SSSR count). The number of aromatic nitrogens is 1. The van der Waals surface area contributed by atoms with Gasteiger partial charge in [0.25, 0.3) is 0 Å². The summed E-state index contributed by atoms with van der Waals surface area (Å²) in [5.74, 6) is -0.203. The van der Waals surface area contributed by atoms with Crippen LogP contribution < -0.4 is 31.8 Å². The maximum absolute atomic E-state index is 13.1. The number of para-hydroxylation sites is 1. The third kappa shape index (κ3) is 15.8. The third-order valence-corrected chi connectivity index (χ3v) is 11.8. The number of unbranched alkanes of at least 4 members (excludes halogenated alkanes) is 11. The van der Waals surface area contributed by atoms with Crippen molar-refractivity contribution in [3.05, 3.63) is 83.6 Å². The van der Waals surface area contributed by atoms with E-state index in [-0.39, 0.29) is 36.0 Å². The second-order valence-electron chi connectivity index (χ2n) is 15.5. The number of aliphatic hydroxyl groups is 2. The number of benzene rings is 2. The molecule has 0 saturated heterocycles. The van der Waals surface area contributed by atoms with Gasteiger partial charge in [0.2, 0.25) is 11.4 Å². The predicted octanol–water partition coefficient (Wildman–Crippen LogP) is 6.16. The number of halogens is 1. The molecular weight excluding hydrogens is 757 g/mol. The van der Waals surface area contributed by atoms with Gasteiger partial charge in [0.05, 0.1) is 37.8 Å². The summed E-state index contributed by atoms with van der Waals surface area (Å²) >= 11 is 0. The van der Waals surface area contributed by atoms with Gasteiger partial charge in [0.1, 0.15) is 6.54 Å². The Hall–Kier alpha value is -2.77. The van der Waals surface area contributed by atoms with E-state index in [1.54, 1.807) is 6.08 Å². The van der Waals surface area contributed by atoms with Crippen molar-refractivity contribution in [3.8, 4) is 0 Å². The van der Waals surface area contributed by atoms with E-state index in [1.165, 1.54) is 80.7 Å². The highest BCUT2D eigenvalue weighted by Gasteiger charge is 2.23. The molecular formula is C45H67BrN3O4P. The molecule has 0 bridgehead atoms. The maximum atomic E-state index is 13.1. The lowest BCUT2D eigenvalue weighted by Gasteiger charge is -2.31. The summed E-state index contributed by atoms with van der Waals surface area (Å²) in [6, 6.07) is 16.3. The highest BCUT2D eigenvalue weighted by Crippen LogP contribution is 2.36. The van der Waals surface area contributed by atoms with Crippen LogP contribution in [0.25, 0.3) is 23.1 Å². The zero-order valence-corrected chi connectivity index (χ0v) is 35.7. The Morgan fingerprint density at radius 2 is 1.65 bits per heavy atom. The van der Waals surface area contributed by atoms with Crippen molar-refractivity contribution in [2.75, 3.05) is 44.1 Å². The lowest BCUT2D eigenvalue weighted by molar-refractivity contribution is -0.671. The van der Waals surface area contributed by atoms with Crippen molar-refractivity contribution >= 4 is 41.8 Å². The zero-order chi connectivity index (χ0) is 37.9. The smallest absolute Gasteiger partial charge is 0.239 e. The Balaban J connectivity index is 0.00000784. The molecule has 2 unspecified atom stereocenters. The van der Waals surface area contributed by atoms with Gasteiger partial charge in [-0.05, 0) is 73.9 Å². The average molecular weight is 825 g/mol. The Bertz CT molecular complexity index is 1670. The van der Waals surface area contributed by atoms with Crippen molar-refractivity contribution < 1.29 is 41.1 Å². The SMILES string of the molecule is CCCCCCCCCCCCC/C=C/C(O)C(CO)NC(=O)CN1CCCc2cc(C=Cc3cc[n+](CCCP(C)(C)=O)c4ccccc34)ccc21.[Br-]. The molecule has 2 heterocycles. The van der Waals surface area contributed by atoms with E-state index < -0.39 is 19.3 Å². The number of carbonyl (C=O) groups excluding carboxylic acids is 1. The van der Waals surface area contributed by atoms with Crippen molar-refractivity contribution in [2.24, 2.45) is 0 Å². The quantitative estimate of drug-likeness (QED) is 0.0436. The molecule has 1 aromatic heterocycles. The molecule has 2 aromatic carbocycles. The lowest BCUT2D eigenvalue weighted by Crippen LogP contribution is -3.00. The van der Waals surface area contributed by atoms with Crippen LogP contribution in [-0.2, 0) is 22.3 Å². The van der Waals surface area contributed by atoms with Crippen molar-refractivity contribution in [1.82, 2.24) is 5.32 Å². The number of pyridine rings is 1. The van der Waals surface area contributed by atoms with Gasteiger partial charge in [-0.2, -0.15) is 4.57 Å². The summed E-state index contributed by atoms with van der Waals surface area (Å²) in [6.07, 6.45) is 28.0. The van der Waals surface area contributed by atoms with Gasteiger partial charge in [-0.1, -0.05) is 114 Å². The van der Waals surface area contributed by atoms with E-state index in [9.17, 15) is 19.6 Å². The van der Waals surface area contributed by atoms with Crippen LogP contribution in [0.1, 0.15) is 114 Å². The molecule has 1 amide bonds. The number of fused-ring (bicyclic) bond motifs is 2. The Labute approximate surface area is 336 Å². The van der Waals surface area contributed by atoms with Gasteiger partial charge in [-0.3, -0.25) is 4.79 Å². The van der Waals surface area contributed by atoms with Crippen LogP contribution in [-0.4, -0.2) is 67.5 Å². The van der Waals surface area contributed by atoms with E-state index in [1.807, 2.05) is 19.4 Å². The fourth-order valence-electron chi connectivity index (χ4n) is 7.38. The van der Waals surface area contributed by atoms with E-state index >= 15 is 0 Å². The molecule has 0 spiro atoms. The number of hydrogen-bond acceptors (Lipinski definition) is 5. The van der Waals surface area contributed by atoms with Crippen LogP contribution >= 0.6 is 7.14 Å². The summed E-state index contributed by atoms with van der Waals surface area (Å²) < 4.78 is 14.5. The number of amides is 1. The summed E-state index contributed by atoms with van der Waals surface area (Å²) in [5.41, 5.74) is 5.71. The molecule has 0 fully saturated rings. The fourth-order valence-corrected chi connectivity index (χ4v) is 8.28. The summed E-state index contributed by atoms with van der Waals surface area (Å²) in [6.45, 7) is 7.46. The van der Waals surface area contributed by atoms with Gasteiger partial charge in [-0.25, -0.2) is 0 Å². The summed E-state index contributed by atoms with van der Waals surface area (Å²) in [5, 5.41) is 24.7. The van der Waals surface area contributed by atoms with E-state index in [0.717, 1.165) is 68.2 Å². The number of anilines is 1. The van der Waals surface area contributed by atoms with Crippen molar-refractivity contribution in [3.63, 3.8) is 0 Å². The van der Waals surface area contributed by atoms with Crippen LogP contribution in [0.15, 0.2) is 66.9 Å². The van der Waals surface area contributed by atoms with Crippen LogP contribution in [0.5, 0.6) is 0 Å². The monoisotopic (exact) mass is 823 g/mol. The predicted molar refractivity (Wildman–Crippen MR) is 224 cm³/mol. The maximum Gasteiger partial charge on any atom is 0.239 e. The Morgan fingerprint density at radius 1 is 0.944 bits per heavy atom. The Morgan fingerprint density at radius 3 is 2.35 bits per heavy atom. The largest absolute Gasteiger partial charge is 1.00 e. The van der Waals surface area contributed by atoms with Gasteiger partial charge in [0, 0.05) is 36.9 Å². The molecule has 2 atom stereocenters. The number of nitrogens with zero attached hydrogens (tertiary/aromatic N) is 2. The lowest BCUT2D eigenvalue weighted by atomic mass is 9.98. The highest BCUT2D eigenvalue weighted by molar-refractivity contribution is 7.62. The summed E-state index contributed by atoms with van der Waals surface area (Å²) in [7, 11) is -2.03. The Kier molecular flexibility index (Phi) is 20.9.